The van der Waals surface area contributed by atoms with E-state index in [2.05, 4.69) is 15.5 Å². The number of benzene rings is 1. The van der Waals surface area contributed by atoms with Crippen LogP contribution in [0.4, 0.5) is 5.69 Å². The molecule has 1 aromatic rings. The van der Waals surface area contributed by atoms with Crippen LogP contribution in [-0.2, 0) is 4.79 Å². The molecule has 0 bridgehead atoms. The Hall–Kier alpha value is -1.59. The van der Waals surface area contributed by atoms with Crippen molar-refractivity contribution in [2.45, 2.75) is 18.9 Å². The first kappa shape index (κ1) is 14.8. The van der Waals surface area contributed by atoms with Crippen molar-refractivity contribution in [3.8, 4) is 5.75 Å². The molecule has 0 atom stereocenters. The number of ether oxygens (including phenoxy) is 1. The van der Waals surface area contributed by atoms with Crippen molar-refractivity contribution in [1.82, 2.24) is 10.2 Å². The van der Waals surface area contributed by atoms with Crippen LogP contribution in [0.25, 0.3) is 0 Å². The van der Waals surface area contributed by atoms with Crippen LogP contribution in [0.15, 0.2) is 24.3 Å². The van der Waals surface area contributed by atoms with Crippen LogP contribution in [-0.4, -0.2) is 50.6 Å². The third-order valence-electron chi connectivity index (χ3n) is 3.71. The molecule has 1 fully saturated rings. The van der Waals surface area contributed by atoms with Gasteiger partial charge in [0.05, 0.1) is 19.3 Å². The lowest BCUT2D eigenvalue weighted by Crippen LogP contribution is -2.44. The predicted octanol–water partition coefficient (Wildman–Crippen LogP) is 1.32. The molecule has 0 spiro atoms. The van der Waals surface area contributed by atoms with Gasteiger partial charge in [-0.05, 0) is 45.1 Å². The lowest BCUT2D eigenvalue weighted by Gasteiger charge is -2.31. The van der Waals surface area contributed by atoms with E-state index in [0.29, 0.717) is 18.3 Å². The molecule has 0 radical (unpaired) electrons. The van der Waals surface area contributed by atoms with Gasteiger partial charge in [-0.15, -0.1) is 0 Å². The fourth-order valence-corrected chi connectivity index (χ4v) is 2.54. The number of amides is 1. The molecule has 0 aliphatic carbocycles. The molecule has 1 aliphatic heterocycles. The second kappa shape index (κ2) is 7.26. The number of carbonyl (C=O) groups excluding carboxylic acids is 1. The van der Waals surface area contributed by atoms with Crippen LogP contribution in [0.3, 0.4) is 0 Å². The van der Waals surface area contributed by atoms with Crippen molar-refractivity contribution >= 4 is 11.6 Å². The maximum absolute atomic E-state index is 12.1. The Morgan fingerprint density at radius 2 is 2.10 bits per heavy atom. The number of rotatable bonds is 5. The Kier molecular flexibility index (Phi) is 5.38. The molecule has 20 heavy (non-hydrogen) atoms. The van der Waals surface area contributed by atoms with Crippen LogP contribution >= 0.6 is 0 Å². The summed E-state index contributed by atoms with van der Waals surface area (Å²) in [6, 6.07) is 7.94. The average molecular weight is 277 g/mol. The van der Waals surface area contributed by atoms with Gasteiger partial charge in [0.25, 0.3) is 0 Å². The molecule has 2 rings (SSSR count). The van der Waals surface area contributed by atoms with Crippen LogP contribution < -0.4 is 15.4 Å². The molecule has 1 amide bonds. The maximum Gasteiger partial charge on any atom is 0.238 e. The minimum absolute atomic E-state index is 0.00414. The van der Waals surface area contributed by atoms with Gasteiger partial charge in [0.15, 0.2) is 0 Å². The molecule has 1 heterocycles. The molecular formula is C15H23N3O2. The quantitative estimate of drug-likeness (QED) is 0.852. The summed E-state index contributed by atoms with van der Waals surface area (Å²) < 4.78 is 5.23. The Bertz CT molecular complexity index is 444. The predicted molar refractivity (Wildman–Crippen MR) is 80.1 cm³/mol. The van der Waals surface area contributed by atoms with Crippen molar-refractivity contribution in [3.05, 3.63) is 24.3 Å². The van der Waals surface area contributed by atoms with E-state index in [0.717, 1.165) is 31.6 Å². The second-order valence-electron chi connectivity index (χ2n) is 5.14. The first-order valence-electron chi connectivity index (χ1n) is 7.04. The van der Waals surface area contributed by atoms with Gasteiger partial charge < -0.3 is 15.4 Å². The number of anilines is 1. The highest BCUT2D eigenvalue weighted by atomic mass is 16.5. The number of hydrogen-bond acceptors (Lipinski definition) is 4. The summed E-state index contributed by atoms with van der Waals surface area (Å²) in [5.41, 5.74) is 0.721. The number of likely N-dealkylation sites (N-methyl/N-ethyl adjacent to an activating group) is 1. The zero-order valence-electron chi connectivity index (χ0n) is 12.2. The number of hydrogen-bond donors (Lipinski definition) is 2. The summed E-state index contributed by atoms with van der Waals surface area (Å²) in [7, 11) is 3.62. The highest BCUT2D eigenvalue weighted by molar-refractivity contribution is 5.93. The van der Waals surface area contributed by atoms with Crippen molar-refractivity contribution in [2.24, 2.45) is 0 Å². The number of nitrogens with zero attached hydrogens (tertiary/aromatic N) is 1. The largest absolute Gasteiger partial charge is 0.495 e. The summed E-state index contributed by atoms with van der Waals surface area (Å²) in [6.07, 6.45) is 2.19. The molecule has 1 aliphatic rings. The average Bonchev–Trinajstić information content (AvgIpc) is 2.48. The van der Waals surface area contributed by atoms with E-state index >= 15 is 0 Å². The normalized spacial score (nSPS) is 16.1. The number of carbonyl (C=O) groups is 1. The molecule has 110 valence electrons. The van der Waals surface area contributed by atoms with E-state index < -0.39 is 0 Å². The number of piperidine rings is 1. The lowest BCUT2D eigenvalue weighted by molar-refractivity contribution is -0.117. The Labute approximate surface area is 120 Å². The molecule has 1 saturated heterocycles. The van der Waals surface area contributed by atoms with Gasteiger partial charge in [0, 0.05) is 6.04 Å². The molecule has 0 saturated carbocycles. The van der Waals surface area contributed by atoms with Crippen molar-refractivity contribution < 1.29 is 9.53 Å². The summed E-state index contributed by atoms with van der Waals surface area (Å²) in [6.45, 7) is 2.47. The van der Waals surface area contributed by atoms with E-state index in [1.165, 1.54) is 0 Å². The van der Waals surface area contributed by atoms with E-state index in [1.807, 2.05) is 31.3 Å². The van der Waals surface area contributed by atoms with Crippen LogP contribution in [0.2, 0.25) is 0 Å². The van der Waals surface area contributed by atoms with E-state index in [4.69, 9.17) is 4.74 Å². The minimum Gasteiger partial charge on any atom is -0.495 e. The van der Waals surface area contributed by atoms with E-state index in [9.17, 15) is 4.79 Å². The monoisotopic (exact) mass is 277 g/mol. The van der Waals surface area contributed by atoms with Gasteiger partial charge in [0.2, 0.25) is 5.91 Å². The zero-order chi connectivity index (χ0) is 14.4. The molecule has 5 heteroatoms. The molecule has 0 aromatic heterocycles. The second-order valence-corrected chi connectivity index (χ2v) is 5.14. The smallest absolute Gasteiger partial charge is 0.238 e. The Morgan fingerprint density at radius 3 is 2.80 bits per heavy atom. The first-order chi connectivity index (χ1) is 9.70. The van der Waals surface area contributed by atoms with Gasteiger partial charge in [-0.25, -0.2) is 0 Å². The number of methoxy groups -OCH3 is 1. The third kappa shape index (κ3) is 3.95. The molecule has 0 unspecified atom stereocenters. The SMILES string of the molecule is COc1ccccc1NC(=O)CN(C)C1CCNCC1. The van der Waals surface area contributed by atoms with Gasteiger partial charge in [-0.1, -0.05) is 12.1 Å². The van der Waals surface area contributed by atoms with Crippen LogP contribution in [0, 0.1) is 0 Å². The lowest BCUT2D eigenvalue weighted by atomic mass is 10.1. The molecule has 5 nitrogen and oxygen atoms in total. The third-order valence-corrected chi connectivity index (χ3v) is 3.71. The summed E-state index contributed by atoms with van der Waals surface area (Å²) >= 11 is 0. The highest BCUT2D eigenvalue weighted by Gasteiger charge is 2.19. The first-order valence-corrected chi connectivity index (χ1v) is 7.04. The summed E-state index contributed by atoms with van der Waals surface area (Å²) in [5.74, 6) is 0.681. The van der Waals surface area contributed by atoms with Crippen molar-refractivity contribution in [2.75, 3.05) is 39.1 Å². The summed E-state index contributed by atoms with van der Waals surface area (Å²) in [4.78, 5) is 14.2. The van der Waals surface area contributed by atoms with Gasteiger partial charge >= 0.3 is 0 Å². The van der Waals surface area contributed by atoms with Gasteiger partial charge in [-0.3, -0.25) is 9.69 Å². The van der Waals surface area contributed by atoms with Crippen LogP contribution in [0.5, 0.6) is 5.75 Å². The number of nitrogens with one attached hydrogen (secondary N) is 2. The fraction of sp³-hybridized carbons (Fsp3) is 0.533. The molecule has 1 aromatic carbocycles. The zero-order valence-corrected chi connectivity index (χ0v) is 12.2. The fourth-order valence-electron chi connectivity index (χ4n) is 2.54. The molecular weight excluding hydrogens is 254 g/mol. The Balaban J connectivity index is 1.88. The topological polar surface area (TPSA) is 53.6 Å². The maximum atomic E-state index is 12.1. The minimum atomic E-state index is -0.00414. The van der Waals surface area contributed by atoms with Crippen molar-refractivity contribution in [1.29, 1.82) is 0 Å². The highest BCUT2D eigenvalue weighted by Crippen LogP contribution is 2.23. The van der Waals surface area contributed by atoms with Crippen LogP contribution in [0.1, 0.15) is 12.8 Å². The van der Waals surface area contributed by atoms with Gasteiger partial charge in [0.1, 0.15) is 5.75 Å². The standard InChI is InChI=1S/C15H23N3O2/c1-18(12-7-9-16-10-8-12)11-15(19)17-13-5-3-4-6-14(13)20-2/h3-6,12,16H,7-11H2,1-2H3,(H,17,19). The number of para-hydroxylation sites is 2. The molecule has 2 N–H and O–H groups in total. The van der Waals surface area contributed by atoms with E-state index in [1.54, 1.807) is 7.11 Å². The Morgan fingerprint density at radius 1 is 1.40 bits per heavy atom. The van der Waals surface area contributed by atoms with E-state index in [-0.39, 0.29) is 5.91 Å². The summed E-state index contributed by atoms with van der Waals surface area (Å²) in [5, 5.41) is 6.24. The van der Waals surface area contributed by atoms with Crippen molar-refractivity contribution in [3.63, 3.8) is 0 Å². The van der Waals surface area contributed by atoms with Gasteiger partial charge in [-0.2, -0.15) is 0 Å².